The Bertz CT molecular complexity index is 418. The number of amides is 1. The van der Waals surface area contributed by atoms with E-state index in [9.17, 15) is 4.79 Å². The van der Waals surface area contributed by atoms with E-state index < -0.39 is 5.91 Å². The van der Waals surface area contributed by atoms with Crippen molar-refractivity contribution in [1.82, 2.24) is 0 Å². The Morgan fingerprint density at radius 3 is 1.62 bits per heavy atom. The maximum Gasteiger partial charge on any atom is 0.239 e. The molecule has 0 bridgehead atoms. The van der Waals surface area contributed by atoms with E-state index in [1.165, 1.54) is 0 Å². The van der Waals surface area contributed by atoms with Gasteiger partial charge in [-0.2, -0.15) is 0 Å². The van der Waals surface area contributed by atoms with E-state index in [1.807, 2.05) is 0 Å². The first-order chi connectivity index (χ1) is 7.40. The van der Waals surface area contributed by atoms with Gasteiger partial charge in [-0.3, -0.25) is 4.79 Å². The van der Waals surface area contributed by atoms with Crippen molar-refractivity contribution in [2.24, 2.45) is 0 Å². The summed E-state index contributed by atoms with van der Waals surface area (Å²) in [5, 5.41) is 2.46. The lowest BCUT2D eigenvalue weighted by Gasteiger charge is -2.12. The van der Waals surface area contributed by atoms with E-state index in [0.717, 1.165) is 0 Å². The van der Waals surface area contributed by atoms with Gasteiger partial charge in [0.05, 0.1) is 30.8 Å². The van der Waals surface area contributed by atoms with Crippen LogP contribution in [-0.4, -0.2) is 11.8 Å². The summed E-state index contributed by atoms with van der Waals surface area (Å²) in [6, 6.07) is 0. The molecule has 8 heteroatoms. The van der Waals surface area contributed by atoms with Crippen LogP contribution in [0.15, 0.2) is 0 Å². The molecular formula is C8H3Cl6NO. The maximum atomic E-state index is 11.1. The summed E-state index contributed by atoms with van der Waals surface area (Å²) < 4.78 is 0. The smallest absolute Gasteiger partial charge is 0.239 e. The number of carbonyl (C=O) groups excluding carboxylic acids is 1. The number of alkyl halides is 1. The van der Waals surface area contributed by atoms with E-state index in [0.29, 0.717) is 0 Å². The zero-order valence-electron chi connectivity index (χ0n) is 7.38. The molecule has 1 aromatic carbocycles. The van der Waals surface area contributed by atoms with E-state index in [-0.39, 0.29) is 36.7 Å². The second kappa shape index (κ2) is 5.85. The molecule has 0 aliphatic carbocycles. The van der Waals surface area contributed by atoms with Crippen molar-refractivity contribution < 1.29 is 4.79 Å². The van der Waals surface area contributed by atoms with Gasteiger partial charge in [0, 0.05) is 0 Å². The highest BCUT2D eigenvalue weighted by molar-refractivity contribution is 6.56. The van der Waals surface area contributed by atoms with Crippen LogP contribution in [0.2, 0.25) is 25.1 Å². The molecular weight excluding hydrogens is 339 g/mol. The zero-order valence-corrected chi connectivity index (χ0v) is 11.9. The second-order valence-electron chi connectivity index (χ2n) is 2.63. The predicted octanol–water partition coefficient (Wildman–Crippen LogP) is 5.13. The van der Waals surface area contributed by atoms with Crippen LogP contribution in [0, 0.1) is 0 Å². The topological polar surface area (TPSA) is 29.1 Å². The SMILES string of the molecule is O=C(CCl)Nc1c(Cl)c(Cl)c(Cl)c(Cl)c1Cl. The van der Waals surface area contributed by atoms with Crippen molar-refractivity contribution in [2.45, 2.75) is 0 Å². The minimum Gasteiger partial charge on any atom is -0.322 e. The lowest BCUT2D eigenvalue weighted by atomic mass is 10.3. The Balaban J connectivity index is 3.34. The lowest BCUT2D eigenvalue weighted by Crippen LogP contribution is -2.13. The molecule has 0 heterocycles. The third-order valence-electron chi connectivity index (χ3n) is 1.60. The highest BCUT2D eigenvalue weighted by Crippen LogP contribution is 2.46. The molecule has 1 aromatic rings. The number of rotatable bonds is 2. The average Bonchev–Trinajstić information content (AvgIpc) is 2.29. The van der Waals surface area contributed by atoms with Crippen molar-refractivity contribution in [3.05, 3.63) is 25.1 Å². The van der Waals surface area contributed by atoms with Crippen LogP contribution in [0.1, 0.15) is 0 Å². The fourth-order valence-corrected chi connectivity index (χ4v) is 2.19. The number of hydrogen-bond acceptors (Lipinski definition) is 1. The number of hydrogen-bond donors (Lipinski definition) is 1. The van der Waals surface area contributed by atoms with E-state index >= 15 is 0 Å². The predicted molar refractivity (Wildman–Crippen MR) is 70.8 cm³/mol. The van der Waals surface area contributed by atoms with Crippen LogP contribution in [0.3, 0.4) is 0 Å². The lowest BCUT2D eigenvalue weighted by molar-refractivity contribution is -0.113. The number of benzene rings is 1. The zero-order chi connectivity index (χ0) is 12.5. The van der Waals surface area contributed by atoms with Gasteiger partial charge in [0.2, 0.25) is 5.91 Å². The molecule has 0 fully saturated rings. The van der Waals surface area contributed by atoms with Gasteiger partial charge >= 0.3 is 0 Å². The van der Waals surface area contributed by atoms with Crippen LogP contribution in [0.4, 0.5) is 5.69 Å². The summed E-state index contributed by atoms with van der Waals surface area (Å²) in [7, 11) is 0. The van der Waals surface area contributed by atoms with E-state index in [4.69, 9.17) is 69.6 Å². The summed E-state index contributed by atoms with van der Waals surface area (Å²) in [4.78, 5) is 11.1. The Morgan fingerprint density at radius 2 is 1.25 bits per heavy atom. The number of anilines is 1. The van der Waals surface area contributed by atoms with Crippen LogP contribution in [-0.2, 0) is 4.79 Å². The van der Waals surface area contributed by atoms with E-state index in [1.54, 1.807) is 0 Å². The normalized spacial score (nSPS) is 10.4. The van der Waals surface area contributed by atoms with Crippen LogP contribution in [0.5, 0.6) is 0 Å². The van der Waals surface area contributed by atoms with Gasteiger partial charge in [0.1, 0.15) is 5.88 Å². The molecule has 0 aliphatic heterocycles. The summed E-state index contributed by atoms with van der Waals surface area (Å²) in [5.41, 5.74) is 0.0911. The van der Waals surface area contributed by atoms with Gasteiger partial charge in [0.15, 0.2) is 0 Å². The van der Waals surface area contributed by atoms with Gasteiger partial charge in [-0.25, -0.2) is 0 Å². The van der Waals surface area contributed by atoms with Crippen molar-refractivity contribution >= 4 is 81.2 Å². The Hall–Kier alpha value is 0.430. The summed E-state index contributed by atoms with van der Waals surface area (Å²) >= 11 is 34.4. The van der Waals surface area contributed by atoms with Crippen molar-refractivity contribution in [1.29, 1.82) is 0 Å². The van der Waals surface area contributed by atoms with Crippen molar-refractivity contribution in [3.8, 4) is 0 Å². The first-order valence-corrected chi connectivity index (χ1v) is 6.19. The van der Waals surface area contributed by atoms with Crippen molar-refractivity contribution in [2.75, 3.05) is 11.2 Å². The quantitative estimate of drug-likeness (QED) is 0.451. The minimum absolute atomic E-state index is 0.0135. The van der Waals surface area contributed by atoms with Crippen LogP contribution in [0.25, 0.3) is 0 Å². The van der Waals surface area contributed by atoms with E-state index in [2.05, 4.69) is 5.32 Å². The Morgan fingerprint density at radius 1 is 0.875 bits per heavy atom. The van der Waals surface area contributed by atoms with Gasteiger partial charge in [-0.15, -0.1) is 11.6 Å². The minimum atomic E-state index is -0.486. The molecule has 2 nitrogen and oxygen atoms in total. The molecule has 0 saturated carbocycles. The number of nitrogens with one attached hydrogen (secondary N) is 1. The first-order valence-electron chi connectivity index (χ1n) is 3.77. The summed E-state index contributed by atoms with van der Waals surface area (Å²) in [6.07, 6.45) is 0. The molecule has 0 aliphatic rings. The second-order valence-corrected chi connectivity index (χ2v) is 4.78. The van der Waals surface area contributed by atoms with Crippen LogP contribution < -0.4 is 5.32 Å². The van der Waals surface area contributed by atoms with Gasteiger partial charge in [-0.1, -0.05) is 58.0 Å². The molecule has 0 spiro atoms. The molecule has 0 unspecified atom stereocenters. The van der Waals surface area contributed by atoms with Crippen LogP contribution >= 0.6 is 69.6 Å². The van der Waals surface area contributed by atoms with Crippen molar-refractivity contribution in [3.63, 3.8) is 0 Å². The summed E-state index contributed by atoms with van der Waals surface area (Å²) in [6.45, 7) is 0. The highest BCUT2D eigenvalue weighted by atomic mass is 35.5. The average molecular weight is 342 g/mol. The maximum absolute atomic E-state index is 11.1. The molecule has 16 heavy (non-hydrogen) atoms. The molecule has 1 amide bonds. The molecule has 88 valence electrons. The third kappa shape index (κ3) is 2.81. The Labute approximate surface area is 122 Å². The standard InChI is InChI=1S/C8H3Cl6NO/c9-1-2(16)15-8-6(13)4(11)3(10)5(12)7(8)14/h1H2,(H,15,16). The monoisotopic (exact) mass is 339 g/mol. The van der Waals surface area contributed by atoms with Gasteiger partial charge in [-0.05, 0) is 0 Å². The summed E-state index contributed by atoms with van der Waals surface area (Å²) in [5.74, 6) is -0.732. The van der Waals surface area contributed by atoms with Gasteiger partial charge < -0.3 is 5.32 Å². The molecule has 1 rings (SSSR count). The Kier molecular flexibility index (Phi) is 5.30. The molecule has 0 radical (unpaired) electrons. The highest BCUT2D eigenvalue weighted by Gasteiger charge is 2.20. The fourth-order valence-electron chi connectivity index (χ4n) is 0.887. The fraction of sp³-hybridized carbons (Fsp3) is 0.125. The third-order valence-corrected chi connectivity index (χ3v) is 4.12. The molecule has 0 atom stereocenters. The molecule has 1 N–H and O–H groups in total. The largest absolute Gasteiger partial charge is 0.322 e. The number of carbonyl (C=O) groups is 1. The number of halogens is 6. The van der Waals surface area contributed by atoms with Gasteiger partial charge in [0.25, 0.3) is 0 Å². The molecule has 0 aromatic heterocycles. The first kappa shape index (κ1) is 14.5. The molecule has 0 saturated heterocycles.